The zero-order valence-electron chi connectivity index (χ0n) is 17.5. The molecule has 0 spiro atoms. The summed E-state index contributed by atoms with van der Waals surface area (Å²) in [6.07, 6.45) is 0.378. The van der Waals surface area contributed by atoms with Crippen LogP contribution in [0.15, 0.2) is 41.3 Å². The third-order valence-electron chi connectivity index (χ3n) is 4.82. The predicted octanol–water partition coefficient (Wildman–Crippen LogP) is 2.67. The average molecular weight is 448 g/mol. The number of sulfone groups is 1. The monoisotopic (exact) mass is 447 g/mol. The van der Waals surface area contributed by atoms with Gasteiger partial charge in [-0.05, 0) is 36.6 Å². The number of nitrogens with one attached hydrogen (secondary N) is 1. The van der Waals surface area contributed by atoms with E-state index in [2.05, 4.69) is 5.32 Å². The molecule has 0 aliphatic carbocycles. The first-order chi connectivity index (χ1) is 14.8. The fourth-order valence-corrected chi connectivity index (χ4v) is 4.38. The van der Waals surface area contributed by atoms with Gasteiger partial charge in [-0.2, -0.15) is 0 Å². The molecular formula is C22H25NO7S. The topological polar surface area (TPSA) is 108 Å². The Balaban J connectivity index is 1.51. The Kier molecular flexibility index (Phi) is 7.17. The molecule has 8 nitrogen and oxygen atoms in total. The van der Waals surface area contributed by atoms with Gasteiger partial charge in [-0.25, -0.2) is 8.42 Å². The molecule has 0 fully saturated rings. The fourth-order valence-electron chi connectivity index (χ4n) is 3.15. The maximum absolute atomic E-state index is 12.5. The Bertz CT molecular complexity index is 1080. The lowest BCUT2D eigenvalue weighted by Crippen LogP contribution is -2.23. The maximum Gasteiger partial charge on any atom is 0.307 e. The molecule has 0 aromatic heterocycles. The second kappa shape index (κ2) is 9.82. The summed E-state index contributed by atoms with van der Waals surface area (Å²) in [5, 5.41) is 2.75. The summed E-state index contributed by atoms with van der Waals surface area (Å²) in [5.74, 6) is -0.848. The van der Waals surface area contributed by atoms with Crippen molar-refractivity contribution in [1.29, 1.82) is 0 Å². The normalized spacial score (nSPS) is 12.8. The first-order valence-corrected chi connectivity index (χ1v) is 11.6. The van der Waals surface area contributed by atoms with Crippen LogP contribution in [0.2, 0.25) is 0 Å². The number of amides is 1. The number of para-hydroxylation sites is 1. The molecule has 0 atom stereocenters. The van der Waals surface area contributed by atoms with Crippen LogP contribution in [-0.4, -0.2) is 45.9 Å². The highest BCUT2D eigenvalue weighted by molar-refractivity contribution is 7.91. The van der Waals surface area contributed by atoms with Crippen LogP contribution in [0, 0.1) is 6.92 Å². The van der Waals surface area contributed by atoms with Crippen LogP contribution in [0.25, 0.3) is 0 Å². The lowest BCUT2D eigenvalue weighted by molar-refractivity contribution is -0.146. The van der Waals surface area contributed by atoms with Gasteiger partial charge in [0.1, 0.15) is 13.2 Å². The molecule has 9 heteroatoms. The van der Waals surface area contributed by atoms with Gasteiger partial charge in [-0.1, -0.05) is 25.1 Å². The number of carbonyl (C=O) groups excluding carboxylic acids is 2. The highest BCUT2D eigenvalue weighted by Crippen LogP contribution is 2.32. The molecule has 1 aliphatic heterocycles. The molecule has 1 N–H and O–H groups in total. The first kappa shape index (κ1) is 22.6. The summed E-state index contributed by atoms with van der Waals surface area (Å²) >= 11 is 0. The molecule has 2 aromatic carbocycles. The standard InChI is InChI=1S/C22H25NO7S/c1-3-16-6-4-5-15(2)22(16)23-20(24)14-30-21(25)9-12-31(26,27)17-7-8-18-19(13-17)29-11-10-28-18/h4-8,13H,3,9-12,14H2,1-2H3,(H,23,24). The van der Waals surface area contributed by atoms with Crippen LogP contribution >= 0.6 is 0 Å². The summed E-state index contributed by atoms with van der Waals surface area (Å²) in [6.45, 7) is 4.12. The van der Waals surface area contributed by atoms with Gasteiger partial charge < -0.3 is 19.5 Å². The molecule has 0 saturated heterocycles. The van der Waals surface area contributed by atoms with Gasteiger partial charge in [0.25, 0.3) is 5.91 Å². The Labute approximate surface area is 181 Å². The van der Waals surface area contributed by atoms with Crippen molar-refractivity contribution >= 4 is 27.4 Å². The number of hydrogen-bond acceptors (Lipinski definition) is 7. The fraction of sp³-hybridized carbons (Fsp3) is 0.364. The van der Waals surface area contributed by atoms with Gasteiger partial charge in [0.15, 0.2) is 27.9 Å². The van der Waals surface area contributed by atoms with E-state index < -0.39 is 34.1 Å². The third-order valence-corrected chi connectivity index (χ3v) is 6.53. The van der Waals surface area contributed by atoms with E-state index in [0.29, 0.717) is 30.4 Å². The van der Waals surface area contributed by atoms with E-state index in [1.54, 1.807) is 0 Å². The van der Waals surface area contributed by atoms with Crippen molar-refractivity contribution in [3.8, 4) is 11.5 Å². The van der Waals surface area contributed by atoms with Crippen molar-refractivity contribution in [2.24, 2.45) is 0 Å². The van der Waals surface area contributed by atoms with Crippen molar-refractivity contribution in [2.45, 2.75) is 31.6 Å². The summed E-state index contributed by atoms with van der Waals surface area (Å²) < 4.78 is 40.8. The molecule has 1 amide bonds. The largest absolute Gasteiger partial charge is 0.486 e. The van der Waals surface area contributed by atoms with Crippen LogP contribution < -0.4 is 14.8 Å². The van der Waals surface area contributed by atoms with Crippen molar-refractivity contribution in [1.82, 2.24) is 0 Å². The van der Waals surface area contributed by atoms with Crippen LogP contribution in [0.3, 0.4) is 0 Å². The minimum atomic E-state index is -3.73. The molecule has 31 heavy (non-hydrogen) atoms. The molecule has 166 valence electrons. The smallest absolute Gasteiger partial charge is 0.307 e. The number of carbonyl (C=O) groups is 2. The highest BCUT2D eigenvalue weighted by Gasteiger charge is 2.21. The van der Waals surface area contributed by atoms with Crippen molar-refractivity contribution in [3.63, 3.8) is 0 Å². The Hall–Kier alpha value is -3.07. The maximum atomic E-state index is 12.5. The Morgan fingerprint density at radius 3 is 2.58 bits per heavy atom. The van der Waals surface area contributed by atoms with Crippen LogP contribution in [-0.2, 0) is 30.6 Å². The molecule has 2 aromatic rings. The molecular weight excluding hydrogens is 422 g/mol. The Morgan fingerprint density at radius 1 is 1.10 bits per heavy atom. The summed E-state index contributed by atoms with van der Waals surface area (Å²) in [4.78, 5) is 24.2. The first-order valence-electron chi connectivity index (χ1n) is 9.96. The predicted molar refractivity (Wildman–Crippen MR) is 114 cm³/mol. The van der Waals surface area contributed by atoms with Gasteiger partial charge >= 0.3 is 5.97 Å². The molecule has 1 aliphatic rings. The van der Waals surface area contributed by atoms with E-state index in [1.165, 1.54) is 18.2 Å². The summed E-state index contributed by atoms with van der Waals surface area (Å²) in [5.41, 5.74) is 2.59. The van der Waals surface area contributed by atoms with Gasteiger partial charge in [-0.15, -0.1) is 0 Å². The summed E-state index contributed by atoms with van der Waals surface area (Å²) in [7, 11) is -3.73. The van der Waals surface area contributed by atoms with Gasteiger partial charge in [0.05, 0.1) is 17.1 Å². The number of ether oxygens (including phenoxy) is 3. The highest BCUT2D eigenvalue weighted by atomic mass is 32.2. The second-order valence-electron chi connectivity index (χ2n) is 7.05. The van der Waals surface area contributed by atoms with Gasteiger partial charge in [0, 0.05) is 11.8 Å². The van der Waals surface area contributed by atoms with E-state index in [1.807, 2.05) is 32.0 Å². The molecule has 0 saturated carbocycles. The number of fused-ring (bicyclic) bond motifs is 1. The van der Waals surface area contributed by atoms with Gasteiger partial charge in [0.2, 0.25) is 0 Å². The lowest BCUT2D eigenvalue weighted by Gasteiger charge is -2.18. The number of esters is 1. The van der Waals surface area contributed by atoms with Crippen LogP contribution in [0.4, 0.5) is 5.69 Å². The van der Waals surface area contributed by atoms with E-state index in [0.717, 1.165) is 17.5 Å². The molecule has 0 radical (unpaired) electrons. The zero-order chi connectivity index (χ0) is 22.4. The Morgan fingerprint density at radius 2 is 1.84 bits per heavy atom. The van der Waals surface area contributed by atoms with Crippen LogP contribution in [0.1, 0.15) is 24.5 Å². The molecule has 0 unspecified atom stereocenters. The number of aryl methyl sites for hydroxylation is 2. The van der Waals surface area contributed by atoms with Crippen LogP contribution in [0.5, 0.6) is 11.5 Å². The summed E-state index contributed by atoms with van der Waals surface area (Å²) in [6, 6.07) is 10.0. The van der Waals surface area contributed by atoms with E-state index in [4.69, 9.17) is 14.2 Å². The molecule has 1 heterocycles. The van der Waals surface area contributed by atoms with Crippen molar-refractivity contribution in [3.05, 3.63) is 47.5 Å². The number of anilines is 1. The van der Waals surface area contributed by atoms with Crippen molar-refractivity contribution < 1.29 is 32.2 Å². The van der Waals surface area contributed by atoms with E-state index in [9.17, 15) is 18.0 Å². The SMILES string of the molecule is CCc1cccc(C)c1NC(=O)COC(=O)CCS(=O)(=O)c1ccc2c(c1)OCCO2. The number of rotatable bonds is 8. The minimum absolute atomic E-state index is 0.0361. The third kappa shape index (κ3) is 5.75. The number of benzene rings is 2. The molecule has 0 bridgehead atoms. The minimum Gasteiger partial charge on any atom is -0.486 e. The number of hydrogen-bond donors (Lipinski definition) is 1. The quantitative estimate of drug-likeness (QED) is 0.620. The lowest BCUT2D eigenvalue weighted by atomic mass is 10.1. The van der Waals surface area contributed by atoms with E-state index >= 15 is 0 Å². The zero-order valence-corrected chi connectivity index (χ0v) is 18.3. The average Bonchev–Trinajstić information content (AvgIpc) is 2.77. The van der Waals surface area contributed by atoms with Crippen molar-refractivity contribution in [2.75, 3.05) is 30.9 Å². The second-order valence-corrected chi connectivity index (χ2v) is 9.15. The van der Waals surface area contributed by atoms with Gasteiger partial charge in [-0.3, -0.25) is 9.59 Å². The van der Waals surface area contributed by atoms with E-state index in [-0.39, 0.29) is 11.3 Å². The molecule has 3 rings (SSSR count).